The van der Waals surface area contributed by atoms with Crippen LogP contribution in [0.1, 0.15) is 46.0 Å². The van der Waals surface area contributed by atoms with E-state index in [1.165, 1.54) is 0 Å². The van der Waals surface area contributed by atoms with Gasteiger partial charge in [-0.2, -0.15) is 0 Å². The summed E-state index contributed by atoms with van der Waals surface area (Å²) in [7, 11) is 0. The van der Waals surface area contributed by atoms with Gasteiger partial charge in [-0.15, -0.1) is 0 Å². The van der Waals surface area contributed by atoms with Crippen LogP contribution in [0.5, 0.6) is 0 Å². The SMILES string of the molecule is CCCCCNC(=O)C(C)OC1(CN)CCOCC1. The zero-order valence-corrected chi connectivity index (χ0v) is 12.2. The summed E-state index contributed by atoms with van der Waals surface area (Å²) in [5.74, 6) is -0.0459. The molecule has 1 saturated heterocycles. The third-order valence-electron chi connectivity index (χ3n) is 3.65. The van der Waals surface area contributed by atoms with Crippen molar-refractivity contribution in [2.45, 2.75) is 57.7 Å². The number of nitrogens with two attached hydrogens (primary N) is 1. The number of unbranched alkanes of at least 4 members (excludes halogenated alkanes) is 2. The molecule has 1 aliphatic heterocycles. The smallest absolute Gasteiger partial charge is 0.248 e. The predicted octanol–water partition coefficient (Wildman–Crippen LogP) is 1.21. The molecule has 0 aromatic carbocycles. The van der Waals surface area contributed by atoms with Crippen LogP contribution in [0.2, 0.25) is 0 Å². The number of hydrogen-bond acceptors (Lipinski definition) is 4. The van der Waals surface area contributed by atoms with E-state index in [0.717, 1.165) is 38.6 Å². The minimum Gasteiger partial charge on any atom is -0.381 e. The Morgan fingerprint density at radius 3 is 2.68 bits per heavy atom. The van der Waals surface area contributed by atoms with E-state index in [1.54, 1.807) is 6.92 Å². The molecule has 0 saturated carbocycles. The Hall–Kier alpha value is -0.650. The zero-order valence-electron chi connectivity index (χ0n) is 12.2. The van der Waals surface area contributed by atoms with E-state index in [-0.39, 0.29) is 5.91 Å². The van der Waals surface area contributed by atoms with Crippen LogP contribution in [-0.4, -0.2) is 43.9 Å². The van der Waals surface area contributed by atoms with Crippen molar-refractivity contribution in [3.63, 3.8) is 0 Å². The lowest BCUT2D eigenvalue weighted by atomic mass is 9.94. The van der Waals surface area contributed by atoms with Gasteiger partial charge in [0.2, 0.25) is 5.91 Å². The van der Waals surface area contributed by atoms with Gasteiger partial charge in [0, 0.05) is 39.1 Å². The van der Waals surface area contributed by atoms with Gasteiger partial charge in [0.25, 0.3) is 0 Å². The van der Waals surface area contributed by atoms with Gasteiger partial charge in [-0.25, -0.2) is 0 Å². The lowest BCUT2D eigenvalue weighted by Gasteiger charge is -2.37. The second kappa shape index (κ2) is 8.51. The van der Waals surface area contributed by atoms with E-state index in [1.807, 2.05) is 0 Å². The first-order valence-corrected chi connectivity index (χ1v) is 7.37. The van der Waals surface area contributed by atoms with Gasteiger partial charge >= 0.3 is 0 Å². The highest BCUT2D eigenvalue weighted by Gasteiger charge is 2.35. The summed E-state index contributed by atoms with van der Waals surface area (Å²) >= 11 is 0. The van der Waals surface area contributed by atoms with Crippen LogP contribution in [0.4, 0.5) is 0 Å². The maximum Gasteiger partial charge on any atom is 0.248 e. The van der Waals surface area contributed by atoms with E-state index >= 15 is 0 Å². The topological polar surface area (TPSA) is 73.6 Å². The molecule has 1 rings (SSSR count). The fraction of sp³-hybridized carbons (Fsp3) is 0.929. The molecule has 0 aromatic rings. The number of rotatable bonds is 8. The Morgan fingerprint density at radius 1 is 1.42 bits per heavy atom. The highest BCUT2D eigenvalue weighted by atomic mass is 16.5. The first kappa shape index (κ1) is 16.4. The van der Waals surface area contributed by atoms with Crippen LogP contribution in [0.25, 0.3) is 0 Å². The van der Waals surface area contributed by atoms with E-state index in [0.29, 0.717) is 19.8 Å². The molecule has 1 fully saturated rings. The van der Waals surface area contributed by atoms with Crippen LogP contribution in [0, 0.1) is 0 Å². The first-order valence-electron chi connectivity index (χ1n) is 7.37. The molecule has 0 spiro atoms. The van der Waals surface area contributed by atoms with Crippen LogP contribution in [-0.2, 0) is 14.3 Å². The van der Waals surface area contributed by atoms with Crippen LogP contribution < -0.4 is 11.1 Å². The molecule has 1 atom stereocenters. The van der Waals surface area contributed by atoms with Crippen molar-refractivity contribution >= 4 is 5.91 Å². The van der Waals surface area contributed by atoms with Crippen molar-refractivity contribution < 1.29 is 14.3 Å². The monoisotopic (exact) mass is 272 g/mol. The fourth-order valence-electron chi connectivity index (χ4n) is 2.27. The largest absolute Gasteiger partial charge is 0.381 e. The summed E-state index contributed by atoms with van der Waals surface area (Å²) in [6.07, 6.45) is 4.37. The van der Waals surface area contributed by atoms with E-state index in [2.05, 4.69) is 12.2 Å². The van der Waals surface area contributed by atoms with Crippen LogP contribution in [0.15, 0.2) is 0 Å². The lowest BCUT2D eigenvalue weighted by molar-refractivity contribution is -0.158. The number of ether oxygens (including phenoxy) is 2. The van der Waals surface area contributed by atoms with Crippen molar-refractivity contribution in [2.24, 2.45) is 5.73 Å². The molecule has 1 heterocycles. The van der Waals surface area contributed by atoms with Crippen LogP contribution >= 0.6 is 0 Å². The molecule has 112 valence electrons. The quantitative estimate of drug-likeness (QED) is 0.651. The molecule has 0 radical (unpaired) electrons. The number of carbonyl (C=O) groups excluding carboxylic acids is 1. The molecule has 0 aromatic heterocycles. The molecule has 19 heavy (non-hydrogen) atoms. The Kier molecular flexibility index (Phi) is 7.34. The average molecular weight is 272 g/mol. The minimum absolute atomic E-state index is 0.0459. The van der Waals surface area contributed by atoms with Crippen molar-refractivity contribution in [2.75, 3.05) is 26.3 Å². The lowest BCUT2D eigenvalue weighted by Crippen LogP contribution is -2.50. The van der Waals surface area contributed by atoms with Gasteiger partial charge in [0.05, 0.1) is 5.60 Å². The minimum atomic E-state index is -0.455. The summed E-state index contributed by atoms with van der Waals surface area (Å²) in [4.78, 5) is 11.9. The summed E-state index contributed by atoms with van der Waals surface area (Å²) in [6.45, 7) is 6.40. The highest BCUT2D eigenvalue weighted by Crippen LogP contribution is 2.25. The maximum absolute atomic E-state index is 11.9. The first-order chi connectivity index (χ1) is 9.13. The summed E-state index contributed by atoms with van der Waals surface area (Å²) in [5.41, 5.74) is 5.42. The molecule has 3 N–H and O–H groups in total. The summed E-state index contributed by atoms with van der Waals surface area (Å²) in [5, 5.41) is 2.91. The molecule has 0 bridgehead atoms. The third kappa shape index (κ3) is 5.47. The molecule has 1 aliphatic rings. The third-order valence-corrected chi connectivity index (χ3v) is 3.65. The molecule has 1 amide bonds. The van der Waals surface area contributed by atoms with Gasteiger partial charge in [0.15, 0.2) is 0 Å². The predicted molar refractivity (Wildman–Crippen MR) is 74.9 cm³/mol. The molecular formula is C14H28N2O3. The van der Waals surface area contributed by atoms with Gasteiger partial charge in [-0.3, -0.25) is 4.79 Å². The number of amides is 1. The van der Waals surface area contributed by atoms with Gasteiger partial charge in [0.1, 0.15) is 6.10 Å². The Morgan fingerprint density at radius 2 is 2.11 bits per heavy atom. The second-order valence-electron chi connectivity index (χ2n) is 5.26. The van der Waals surface area contributed by atoms with Crippen LogP contribution in [0.3, 0.4) is 0 Å². The Labute approximate surface area is 116 Å². The van der Waals surface area contributed by atoms with Gasteiger partial charge in [-0.05, 0) is 13.3 Å². The van der Waals surface area contributed by atoms with Crippen molar-refractivity contribution in [3.8, 4) is 0 Å². The number of nitrogens with one attached hydrogen (secondary N) is 1. The van der Waals surface area contributed by atoms with Crippen molar-refractivity contribution in [1.29, 1.82) is 0 Å². The second-order valence-corrected chi connectivity index (χ2v) is 5.26. The molecule has 0 aliphatic carbocycles. The van der Waals surface area contributed by atoms with Crippen molar-refractivity contribution in [3.05, 3.63) is 0 Å². The van der Waals surface area contributed by atoms with Gasteiger partial charge < -0.3 is 20.5 Å². The molecule has 1 unspecified atom stereocenters. The van der Waals surface area contributed by atoms with E-state index in [9.17, 15) is 4.79 Å². The summed E-state index contributed by atoms with van der Waals surface area (Å²) in [6, 6.07) is 0. The van der Waals surface area contributed by atoms with Gasteiger partial charge in [-0.1, -0.05) is 19.8 Å². The standard InChI is InChI=1S/C14H28N2O3/c1-3-4-5-8-16-13(17)12(2)19-14(11-15)6-9-18-10-7-14/h12H,3-11,15H2,1-2H3,(H,16,17). The Bertz CT molecular complexity index is 265. The normalized spacial score (nSPS) is 19.9. The molecule has 5 heteroatoms. The zero-order chi connectivity index (χ0) is 14.1. The van der Waals surface area contributed by atoms with E-state index in [4.69, 9.17) is 15.2 Å². The maximum atomic E-state index is 11.9. The molecule has 5 nitrogen and oxygen atoms in total. The summed E-state index contributed by atoms with van der Waals surface area (Å²) < 4.78 is 11.3. The molecular weight excluding hydrogens is 244 g/mol. The number of hydrogen-bond donors (Lipinski definition) is 2. The van der Waals surface area contributed by atoms with E-state index < -0.39 is 11.7 Å². The number of carbonyl (C=O) groups is 1. The highest BCUT2D eigenvalue weighted by molar-refractivity contribution is 5.80. The average Bonchev–Trinajstić information content (AvgIpc) is 2.44. The Balaban J connectivity index is 2.34. The van der Waals surface area contributed by atoms with Crippen molar-refractivity contribution in [1.82, 2.24) is 5.32 Å². The fourth-order valence-corrected chi connectivity index (χ4v) is 2.27.